The summed E-state index contributed by atoms with van der Waals surface area (Å²) >= 11 is 3.36. The molecule has 1 aromatic rings. The van der Waals surface area contributed by atoms with Crippen LogP contribution in [0.15, 0.2) is 24.5 Å². The molecule has 7 heteroatoms. The highest BCUT2D eigenvalue weighted by Gasteiger charge is 2.26. The molecule has 0 atom stereocenters. The van der Waals surface area contributed by atoms with Gasteiger partial charge >= 0.3 is 6.09 Å². The van der Waals surface area contributed by atoms with Crippen LogP contribution in [0, 0.1) is 0 Å². The molecule has 1 saturated heterocycles. The number of piperazine rings is 1. The molecule has 0 aliphatic carbocycles. The molecule has 6 nitrogen and oxygen atoms in total. The van der Waals surface area contributed by atoms with Gasteiger partial charge in [0, 0.05) is 32.4 Å². The summed E-state index contributed by atoms with van der Waals surface area (Å²) in [7, 11) is 0. The van der Waals surface area contributed by atoms with E-state index in [0.717, 1.165) is 29.0 Å². The number of hydrogen-bond acceptors (Lipinski definition) is 5. The summed E-state index contributed by atoms with van der Waals surface area (Å²) in [6, 6.07) is 3.93. The van der Waals surface area contributed by atoms with Crippen molar-refractivity contribution in [2.75, 3.05) is 31.1 Å². The molecular weight excluding hydrogens is 360 g/mol. The predicted octanol–water partition coefficient (Wildman–Crippen LogP) is 2.79. The summed E-state index contributed by atoms with van der Waals surface area (Å²) in [5.41, 5.74) is 6.84. The molecule has 0 spiro atoms. The number of halogens is 1. The molecule has 1 fully saturated rings. The summed E-state index contributed by atoms with van der Waals surface area (Å²) in [5, 5.41) is 0. The first-order chi connectivity index (χ1) is 10.8. The van der Waals surface area contributed by atoms with Crippen LogP contribution in [0.3, 0.4) is 0 Å². The second-order valence-corrected chi connectivity index (χ2v) is 7.23. The van der Waals surface area contributed by atoms with Gasteiger partial charge in [0.25, 0.3) is 0 Å². The Labute approximate surface area is 145 Å². The zero-order chi connectivity index (χ0) is 17.0. The van der Waals surface area contributed by atoms with E-state index < -0.39 is 5.60 Å². The van der Waals surface area contributed by atoms with Gasteiger partial charge in [0.1, 0.15) is 5.60 Å². The number of pyridine rings is 1. The molecule has 0 saturated carbocycles. The number of aromatic nitrogens is 1. The van der Waals surface area contributed by atoms with E-state index >= 15 is 0 Å². The van der Waals surface area contributed by atoms with Gasteiger partial charge in [-0.2, -0.15) is 0 Å². The second kappa shape index (κ2) is 7.21. The Morgan fingerprint density at radius 2 is 1.96 bits per heavy atom. The maximum absolute atomic E-state index is 12.1. The molecule has 0 aromatic carbocycles. The monoisotopic (exact) mass is 382 g/mol. The Morgan fingerprint density at radius 3 is 2.43 bits per heavy atom. The van der Waals surface area contributed by atoms with E-state index in [2.05, 4.69) is 25.8 Å². The lowest BCUT2D eigenvalue weighted by Gasteiger charge is -2.36. The van der Waals surface area contributed by atoms with Crippen molar-refractivity contribution in [2.45, 2.75) is 26.4 Å². The normalized spacial score (nSPS) is 16.4. The van der Waals surface area contributed by atoms with E-state index in [0.29, 0.717) is 13.1 Å². The summed E-state index contributed by atoms with van der Waals surface area (Å²) in [4.78, 5) is 20.4. The van der Waals surface area contributed by atoms with Gasteiger partial charge in [0.05, 0.1) is 22.1 Å². The van der Waals surface area contributed by atoms with Crippen molar-refractivity contribution < 1.29 is 9.53 Å². The van der Waals surface area contributed by atoms with Crippen LogP contribution in [-0.2, 0) is 4.74 Å². The first-order valence-corrected chi connectivity index (χ1v) is 8.36. The molecule has 1 aromatic heterocycles. The minimum absolute atomic E-state index is 0.248. The highest BCUT2D eigenvalue weighted by Crippen LogP contribution is 2.22. The fraction of sp³-hybridized carbons (Fsp3) is 0.500. The van der Waals surface area contributed by atoms with E-state index in [-0.39, 0.29) is 6.09 Å². The number of amides is 1. The van der Waals surface area contributed by atoms with E-state index in [4.69, 9.17) is 10.5 Å². The number of ether oxygens (including phenoxy) is 1. The maximum atomic E-state index is 12.1. The van der Waals surface area contributed by atoms with Gasteiger partial charge in [-0.05, 0) is 48.8 Å². The summed E-state index contributed by atoms with van der Waals surface area (Å²) in [5.74, 6) is 0. The summed E-state index contributed by atoms with van der Waals surface area (Å²) in [6.45, 7) is 8.43. The molecule has 1 aliphatic rings. The molecule has 126 valence electrons. The largest absolute Gasteiger partial charge is 0.444 e. The van der Waals surface area contributed by atoms with Crippen LogP contribution >= 0.6 is 15.9 Å². The van der Waals surface area contributed by atoms with E-state index in [1.54, 1.807) is 4.90 Å². The number of hydrogen-bond donors (Lipinski definition) is 1. The zero-order valence-electron chi connectivity index (χ0n) is 13.8. The number of anilines is 1. The van der Waals surface area contributed by atoms with Gasteiger partial charge in [-0.15, -0.1) is 0 Å². The second-order valence-electron chi connectivity index (χ2n) is 6.37. The van der Waals surface area contributed by atoms with E-state index in [1.807, 2.05) is 39.1 Å². The minimum atomic E-state index is -0.460. The zero-order valence-corrected chi connectivity index (χ0v) is 15.3. The third kappa shape index (κ3) is 4.86. The lowest BCUT2D eigenvalue weighted by atomic mass is 10.2. The first-order valence-electron chi connectivity index (χ1n) is 7.57. The molecule has 1 amide bonds. The Bertz CT molecular complexity index is 573. The molecule has 2 N–H and O–H groups in total. The quantitative estimate of drug-likeness (QED) is 0.851. The molecule has 23 heavy (non-hydrogen) atoms. The third-order valence-electron chi connectivity index (χ3n) is 3.44. The Balaban J connectivity index is 1.93. The van der Waals surface area contributed by atoms with Crippen molar-refractivity contribution in [3.05, 3.63) is 30.2 Å². The summed E-state index contributed by atoms with van der Waals surface area (Å²) < 4.78 is 6.17. The SMILES string of the molecule is CC(C)(C)OC(=O)N1CCN(c2ccc(C(Br)=CN)nc2)CC1. The van der Waals surface area contributed by atoms with Crippen molar-refractivity contribution in [1.82, 2.24) is 9.88 Å². The van der Waals surface area contributed by atoms with Gasteiger partial charge < -0.3 is 20.3 Å². The number of nitrogens with two attached hydrogens (primary N) is 1. The van der Waals surface area contributed by atoms with Crippen LogP contribution in [0.25, 0.3) is 4.48 Å². The molecular formula is C16H23BrN4O2. The van der Waals surface area contributed by atoms with Crippen LogP contribution in [0.1, 0.15) is 26.5 Å². The van der Waals surface area contributed by atoms with Gasteiger partial charge in [-0.1, -0.05) is 0 Å². The molecule has 0 radical (unpaired) electrons. The molecule has 2 heterocycles. The van der Waals surface area contributed by atoms with Crippen molar-refractivity contribution in [1.29, 1.82) is 0 Å². The maximum Gasteiger partial charge on any atom is 0.410 e. The van der Waals surface area contributed by atoms with Crippen LogP contribution in [0.5, 0.6) is 0 Å². The van der Waals surface area contributed by atoms with Gasteiger partial charge in [-0.25, -0.2) is 4.79 Å². The fourth-order valence-corrected chi connectivity index (χ4v) is 2.51. The predicted molar refractivity (Wildman–Crippen MR) is 95.3 cm³/mol. The van der Waals surface area contributed by atoms with Crippen LogP contribution in [0.2, 0.25) is 0 Å². The highest BCUT2D eigenvalue weighted by molar-refractivity contribution is 9.15. The van der Waals surface area contributed by atoms with Gasteiger partial charge in [0.2, 0.25) is 0 Å². The van der Waals surface area contributed by atoms with Crippen LogP contribution < -0.4 is 10.6 Å². The molecule has 0 bridgehead atoms. The summed E-state index contributed by atoms with van der Waals surface area (Å²) in [6.07, 6.45) is 3.05. The molecule has 2 rings (SSSR count). The lowest BCUT2D eigenvalue weighted by molar-refractivity contribution is 0.0240. The van der Waals surface area contributed by atoms with Crippen molar-refractivity contribution in [3.63, 3.8) is 0 Å². The van der Waals surface area contributed by atoms with Crippen LogP contribution in [0.4, 0.5) is 10.5 Å². The number of carbonyl (C=O) groups excluding carboxylic acids is 1. The fourth-order valence-electron chi connectivity index (χ4n) is 2.27. The van der Waals surface area contributed by atoms with E-state index in [9.17, 15) is 4.79 Å². The average molecular weight is 383 g/mol. The van der Waals surface area contributed by atoms with Crippen molar-refractivity contribution >= 4 is 32.2 Å². The average Bonchev–Trinajstić information content (AvgIpc) is 2.53. The Morgan fingerprint density at radius 1 is 1.30 bits per heavy atom. The lowest BCUT2D eigenvalue weighted by Crippen LogP contribution is -2.50. The standard InChI is InChI=1S/C16H23BrN4O2/c1-16(2,3)23-15(22)21-8-6-20(7-9-21)12-4-5-14(19-11-12)13(17)10-18/h4-5,10-11H,6-9,18H2,1-3H3. The highest BCUT2D eigenvalue weighted by atomic mass is 79.9. The number of rotatable bonds is 2. The Hall–Kier alpha value is -1.76. The number of carbonyl (C=O) groups is 1. The first kappa shape index (κ1) is 17.6. The van der Waals surface area contributed by atoms with Gasteiger partial charge in [-0.3, -0.25) is 4.98 Å². The van der Waals surface area contributed by atoms with Crippen molar-refractivity contribution in [2.24, 2.45) is 5.73 Å². The third-order valence-corrected chi connectivity index (χ3v) is 4.11. The molecule has 1 aliphatic heterocycles. The van der Waals surface area contributed by atoms with Crippen LogP contribution in [-0.4, -0.2) is 47.8 Å². The topological polar surface area (TPSA) is 71.7 Å². The smallest absolute Gasteiger partial charge is 0.410 e. The van der Waals surface area contributed by atoms with Gasteiger partial charge in [0.15, 0.2) is 0 Å². The minimum Gasteiger partial charge on any atom is -0.444 e. The van der Waals surface area contributed by atoms with E-state index in [1.165, 1.54) is 6.20 Å². The number of nitrogens with zero attached hydrogens (tertiary/aromatic N) is 3. The Kier molecular flexibility index (Phi) is 5.51. The molecule has 0 unspecified atom stereocenters. The van der Waals surface area contributed by atoms with Crippen molar-refractivity contribution in [3.8, 4) is 0 Å².